The van der Waals surface area contributed by atoms with Gasteiger partial charge in [-0.15, -0.1) is 11.6 Å². The third kappa shape index (κ3) is 2.91. The molecular formula is C7H12ClFO5P-. The molecule has 5 nitrogen and oxygen atoms in total. The van der Waals surface area contributed by atoms with Gasteiger partial charge in [0.05, 0.1) is 25.1 Å². The van der Waals surface area contributed by atoms with Gasteiger partial charge in [-0.2, -0.15) is 0 Å². The molecule has 0 radical (unpaired) electrons. The Morgan fingerprint density at radius 1 is 1.47 bits per heavy atom. The standard InChI is InChI=1S/C7H13ClFO5P/c1-3-13-15(12,14-4-2)7(9,5-8)6(10)11/h3-5H2,1-2H3,(H,10,11)/p-1. The van der Waals surface area contributed by atoms with Gasteiger partial charge in [0, 0.05) is 0 Å². The number of halogens is 2. The van der Waals surface area contributed by atoms with Crippen LogP contribution in [0, 0.1) is 0 Å². The van der Waals surface area contributed by atoms with Crippen molar-refractivity contribution >= 4 is 25.2 Å². The Balaban J connectivity index is 5.19. The highest BCUT2D eigenvalue weighted by atomic mass is 35.5. The van der Waals surface area contributed by atoms with Gasteiger partial charge in [0.15, 0.2) is 0 Å². The smallest absolute Gasteiger partial charge is 0.374 e. The normalized spacial score (nSPS) is 16.0. The summed E-state index contributed by atoms with van der Waals surface area (Å²) in [5.74, 6) is -3.27. The van der Waals surface area contributed by atoms with Crippen LogP contribution in [0.4, 0.5) is 4.39 Å². The second kappa shape index (κ2) is 5.80. The van der Waals surface area contributed by atoms with Crippen LogP contribution in [0.5, 0.6) is 0 Å². The van der Waals surface area contributed by atoms with Crippen molar-refractivity contribution in [2.24, 2.45) is 0 Å². The quantitative estimate of drug-likeness (QED) is 0.503. The van der Waals surface area contributed by atoms with Gasteiger partial charge < -0.3 is 18.9 Å². The van der Waals surface area contributed by atoms with E-state index in [4.69, 9.17) is 11.6 Å². The van der Waals surface area contributed by atoms with Crippen LogP contribution in [0.15, 0.2) is 0 Å². The summed E-state index contributed by atoms with van der Waals surface area (Å²) in [6.07, 6.45) is 0. The molecule has 0 aromatic rings. The van der Waals surface area contributed by atoms with Crippen molar-refractivity contribution in [3.8, 4) is 0 Å². The first-order chi connectivity index (χ1) is 6.88. The zero-order valence-corrected chi connectivity index (χ0v) is 10.0. The maximum atomic E-state index is 13.8. The Hall–Kier alpha value is -0.160. The summed E-state index contributed by atoms with van der Waals surface area (Å²) in [6, 6.07) is 0. The number of carboxylic acid groups (broad SMARTS) is 1. The molecule has 0 saturated carbocycles. The van der Waals surface area contributed by atoms with Crippen molar-refractivity contribution in [3.63, 3.8) is 0 Å². The Kier molecular flexibility index (Phi) is 5.73. The second-order valence-corrected chi connectivity index (χ2v) is 5.00. The fourth-order valence-electron chi connectivity index (χ4n) is 0.821. The lowest BCUT2D eigenvalue weighted by molar-refractivity contribution is -0.314. The van der Waals surface area contributed by atoms with Gasteiger partial charge in [0.2, 0.25) is 0 Å². The van der Waals surface area contributed by atoms with Gasteiger partial charge in [-0.3, -0.25) is 4.57 Å². The van der Waals surface area contributed by atoms with E-state index in [1.807, 2.05) is 0 Å². The van der Waals surface area contributed by atoms with Crippen LogP contribution in [-0.2, 0) is 18.4 Å². The number of carbonyl (C=O) groups excluding carboxylic acids is 1. The number of carbonyl (C=O) groups is 1. The minimum Gasteiger partial charge on any atom is -0.546 e. The van der Waals surface area contributed by atoms with Crippen molar-refractivity contribution in [1.29, 1.82) is 0 Å². The molecule has 0 aliphatic heterocycles. The molecule has 0 aromatic heterocycles. The lowest BCUT2D eigenvalue weighted by atomic mass is 10.4. The monoisotopic (exact) mass is 261 g/mol. The third-order valence-electron chi connectivity index (χ3n) is 1.52. The molecule has 1 atom stereocenters. The number of carboxylic acids is 1. The van der Waals surface area contributed by atoms with E-state index >= 15 is 0 Å². The van der Waals surface area contributed by atoms with E-state index in [1.165, 1.54) is 13.8 Å². The zero-order valence-electron chi connectivity index (χ0n) is 8.37. The van der Waals surface area contributed by atoms with Crippen molar-refractivity contribution in [3.05, 3.63) is 0 Å². The predicted octanol–water partition coefficient (Wildman–Crippen LogP) is 0.907. The summed E-state index contributed by atoms with van der Waals surface area (Å²) in [6.45, 7) is 2.53. The lowest BCUT2D eigenvalue weighted by Crippen LogP contribution is -2.47. The van der Waals surface area contributed by atoms with E-state index in [0.29, 0.717) is 0 Å². The molecule has 0 bridgehead atoms. The highest BCUT2D eigenvalue weighted by Crippen LogP contribution is 2.61. The average molecular weight is 262 g/mol. The van der Waals surface area contributed by atoms with Gasteiger partial charge in [-0.05, 0) is 13.8 Å². The number of alkyl halides is 2. The summed E-state index contributed by atoms with van der Waals surface area (Å²) in [5, 5.41) is 7.23. The zero-order chi connectivity index (χ0) is 12.1. The van der Waals surface area contributed by atoms with Crippen molar-refractivity contribution in [2.45, 2.75) is 19.3 Å². The maximum Gasteiger partial charge on any atom is 0.374 e. The van der Waals surface area contributed by atoms with Crippen molar-refractivity contribution < 1.29 is 27.9 Å². The molecule has 0 spiro atoms. The van der Waals surface area contributed by atoms with Crippen LogP contribution in [0.2, 0.25) is 0 Å². The molecule has 0 heterocycles. The maximum absolute atomic E-state index is 13.8. The third-order valence-corrected chi connectivity index (χ3v) is 4.48. The molecule has 0 amide bonds. The molecule has 0 aromatic carbocycles. The minimum absolute atomic E-state index is 0.160. The van der Waals surface area contributed by atoms with E-state index in [1.54, 1.807) is 0 Å². The Bertz CT molecular complexity index is 264. The summed E-state index contributed by atoms with van der Waals surface area (Å²) in [4.78, 5) is 10.5. The molecule has 0 fully saturated rings. The first-order valence-electron chi connectivity index (χ1n) is 4.23. The number of rotatable bonds is 7. The van der Waals surface area contributed by atoms with Crippen LogP contribution in [-0.4, -0.2) is 30.5 Å². The number of hydrogen-bond acceptors (Lipinski definition) is 5. The molecule has 0 aliphatic carbocycles. The first kappa shape index (κ1) is 14.8. The fraction of sp³-hybridized carbons (Fsp3) is 0.857. The SMILES string of the molecule is CCOP(=O)(OCC)C(F)(CCl)C(=O)[O-]. The highest BCUT2D eigenvalue weighted by Gasteiger charge is 2.53. The summed E-state index contributed by atoms with van der Waals surface area (Å²) in [5.41, 5.74) is 0. The molecule has 0 aliphatic rings. The summed E-state index contributed by atoms with van der Waals surface area (Å²) < 4.78 is 34.6. The van der Waals surface area contributed by atoms with E-state index in [2.05, 4.69) is 9.05 Å². The Labute approximate surface area is 92.0 Å². The average Bonchev–Trinajstić information content (AvgIpc) is 2.16. The molecule has 90 valence electrons. The largest absolute Gasteiger partial charge is 0.546 e. The van der Waals surface area contributed by atoms with Gasteiger partial charge in [0.25, 0.3) is 5.41 Å². The predicted molar refractivity (Wildman–Crippen MR) is 50.4 cm³/mol. The Morgan fingerprint density at radius 3 is 2.07 bits per heavy atom. The van der Waals surface area contributed by atoms with Crippen molar-refractivity contribution in [2.75, 3.05) is 19.1 Å². The second-order valence-electron chi connectivity index (χ2n) is 2.51. The van der Waals surface area contributed by atoms with Crippen molar-refractivity contribution in [1.82, 2.24) is 0 Å². The first-order valence-corrected chi connectivity index (χ1v) is 6.31. The van der Waals surface area contributed by atoms with E-state index in [9.17, 15) is 18.9 Å². The van der Waals surface area contributed by atoms with E-state index in [0.717, 1.165) is 0 Å². The van der Waals surface area contributed by atoms with Gasteiger partial charge in [0.1, 0.15) is 0 Å². The summed E-state index contributed by atoms with van der Waals surface area (Å²) in [7, 11) is -4.46. The lowest BCUT2D eigenvalue weighted by Gasteiger charge is -2.30. The summed E-state index contributed by atoms with van der Waals surface area (Å²) >= 11 is 5.13. The number of aliphatic carboxylic acids is 1. The van der Waals surface area contributed by atoms with Crippen LogP contribution in [0.25, 0.3) is 0 Å². The van der Waals surface area contributed by atoms with Crippen LogP contribution >= 0.6 is 19.2 Å². The van der Waals surface area contributed by atoms with Gasteiger partial charge in [-0.1, -0.05) is 0 Å². The topological polar surface area (TPSA) is 75.7 Å². The highest BCUT2D eigenvalue weighted by molar-refractivity contribution is 7.56. The van der Waals surface area contributed by atoms with Crippen LogP contribution < -0.4 is 5.11 Å². The van der Waals surface area contributed by atoms with Crippen LogP contribution in [0.1, 0.15) is 13.8 Å². The fourth-order valence-corrected chi connectivity index (χ4v) is 2.90. The number of hydrogen-bond donors (Lipinski definition) is 0. The minimum atomic E-state index is -4.46. The molecule has 0 rings (SSSR count). The Morgan fingerprint density at radius 2 is 1.87 bits per heavy atom. The van der Waals surface area contributed by atoms with E-state index < -0.39 is 24.9 Å². The molecule has 0 saturated heterocycles. The van der Waals surface area contributed by atoms with Gasteiger partial charge in [-0.25, -0.2) is 4.39 Å². The molecule has 1 unspecified atom stereocenters. The van der Waals surface area contributed by atoms with Crippen LogP contribution in [0.3, 0.4) is 0 Å². The van der Waals surface area contributed by atoms with Gasteiger partial charge >= 0.3 is 7.60 Å². The molecular weight excluding hydrogens is 249 g/mol. The molecule has 0 N–H and O–H groups in total. The van der Waals surface area contributed by atoms with E-state index in [-0.39, 0.29) is 13.2 Å². The molecule has 8 heteroatoms. The molecule has 15 heavy (non-hydrogen) atoms.